The Balaban J connectivity index is 1.41. The van der Waals surface area contributed by atoms with E-state index in [0.717, 1.165) is 31.2 Å². The molecule has 3 aliphatic rings. The topological polar surface area (TPSA) is 144 Å². The summed E-state index contributed by atoms with van der Waals surface area (Å²) in [5.41, 5.74) is -3.36. The molecule has 0 spiro atoms. The van der Waals surface area contributed by atoms with Gasteiger partial charge in [0.05, 0.1) is 41.1 Å². The van der Waals surface area contributed by atoms with E-state index in [4.69, 9.17) is 9.47 Å². The standard InChI is InChI=1S/C32H30F4N6O5S/c1-31(45)13-41(7-8-46-14-31)27-18-9-21(35)23(17-3-4-20(34)26-22(17)19(11-37)28(48-26)40-30(43)44)24(36)25(18)38-29(39-27)47-15-32-5-2-6-42(32)12-16(33)10-32/h3-4,9,16,40,45H,2,5-8,10,12-15H2,1H3,(H,43,44)/t16-,31+,32+/m1/s1. The van der Waals surface area contributed by atoms with E-state index >= 15 is 8.78 Å². The zero-order valence-corrected chi connectivity index (χ0v) is 26.5. The molecule has 48 heavy (non-hydrogen) atoms. The summed E-state index contributed by atoms with van der Waals surface area (Å²) in [5.74, 6) is -2.97. The van der Waals surface area contributed by atoms with E-state index in [1.165, 1.54) is 0 Å². The molecule has 3 atom stereocenters. The van der Waals surface area contributed by atoms with Crippen molar-refractivity contribution in [1.82, 2.24) is 14.9 Å². The van der Waals surface area contributed by atoms with Gasteiger partial charge in [0.1, 0.15) is 52.4 Å². The number of nitrogens with zero attached hydrogens (tertiary/aromatic N) is 5. The lowest BCUT2D eigenvalue weighted by atomic mass is 9.95. The Bertz CT molecular complexity index is 2000. The van der Waals surface area contributed by atoms with Crippen LogP contribution >= 0.6 is 11.3 Å². The molecule has 2 aromatic heterocycles. The van der Waals surface area contributed by atoms with Crippen LogP contribution in [0.15, 0.2) is 18.2 Å². The fourth-order valence-electron chi connectivity index (χ4n) is 7.22. The van der Waals surface area contributed by atoms with Crippen LogP contribution in [-0.2, 0) is 4.74 Å². The van der Waals surface area contributed by atoms with Gasteiger partial charge in [-0.15, -0.1) is 11.3 Å². The van der Waals surface area contributed by atoms with Crippen LogP contribution in [0, 0.1) is 28.8 Å². The van der Waals surface area contributed by atoms with E-state index in [1.54, 1.807) is 11.8 Å². The molecular weight excluding hydrogens is 656 g/mol. The average Bonchev–Trinajstić information content (AvgIpc) is 3.63. The first-order chi connectivity index (χ1) is 22.9. The highest BCUT2D eigenvalue weighted by Gasteiger charge is 2.49. The van der Waals surface area contributed by atoms with E-state index in [9.17, 15) is 29.1 Å². The van der Waals surface area contributed by atoms with Crippen molar-refractivity contribution in [3.05, 3.63) is 41.2 Å². The van der Waals surface area contributed by atoms with E-state index in [2.05, 4.69) is 15.3 Å². The Labute approximate surface area is 275 Å². The first kappa shape index (κ1) is 32.3. The number of carbonyl (C=O) groups is 1. The number of fused-ring (bicyclic) bond motifs is 3. The molecule has 252 valence electrons. The summed E-state index contributed by atoms with van der Waals surface area (Å²) in [6.45, 7) is 3.03. The summed E-state index contributed by atoms with van der Waals surface area (Å²) in [6, 6.07) is 4.71. The Morgan fingerprint density at radius 1 is 1.27 bits per heavy atom. The van der Waals surface area contributed by atoms with Gasteiger partial charge >= 0.3 is 12.1 Å². The highest BCUT2D eigenvalue weighted by molar-refractivity contribution is 7.23. The number of aromatic nitrogens is 2. The van der Waals surface area contributed by atoms with Gasteiger partial charge in [-0.1, -0.05) is 6.07 Å². The van der Waals surface area contributed by atoms with Gasteiger partial charge in [-0.3, -0.25) is 10.2 Å². The number of amides is 1. The largest absolute Gasteiger partial charge is 0.465 e. The van der Waals surface area contributed by atoms with Gasteiger partial charge in [-0.25, -0.2) is 22.4 Å². The summed E-state index contributed by atoms with van der Waals surface area (Å²) < 4.78 is 74.0. The van der Waals surface area contributed by atoms with Crippen molar-refractivity contribution in [1.29, 1.82) is 5.26 Å². The van der Waals surface area contributed by atoms with Gasteiger partial charge in [-0.2, -0.15) is 15.2 Å². The third-order valence-electron chi connectivity index (χ3n) is 9.22. The van der Waals surface area contributed by atoms with Gasteiger partial charge in [0.25, 0.3) is 0 Å². The molecule has 5 heterocycles. The van der Waals surface area contributed by atoms with Crippen LogP contribution < -0.4 is 15.0 Å². The number of thiophene rings is 1. The number of benzene rings is 2. The Morgan fingerprint density at radius 3 is 2.85 bits per heavy atom. The van der Waals surface area contributed by atoms with Gasteiger partial charge in [-0.05, 0) is 44.0 Å². The number of β-amino-alcohol motifs (C(OH)–C–C–N with tert-alkyl or cyclic N) is 1. The van der Waals surface area contributed by atoms with Gasteiger partial charge in [0.2, 0.25) is 0 Å². The minimum atomic E-state index is -1.50. The predicted octanol–water partition coefficient (Wildman–Crippen LogP) is 5.43. The highest BCUT2D eigenvalue weighted by Crippen LogP contribution is 2.45. The van der Waals surface area contributed by atoms with Crippen molar-refractivity contribution < 1.29 is 42.0 Å². The number of halogens is 4. The van der Waals surface area contributed by atoms with Crippen molar-refractivity contribution in [2.75, 3.05) is 56.2 Å². The van der Waals surface area contributed by atoms with E-state index in [0.29, 0.717) is 17.8 Å². The SMILES string of the molecule is C[C@@]1(O)COCCN(c2nc(OC[C@@]34CCCN3C[C@H](F)C4)nc3c(F)c(-c4ccc(F)c5sc(NC(=O)O)c(C#N)c45)c(F)cc23)C1. The average molecular weight is 687 g/mol. The number of hydrogen-bond donors (Lipinski definition) is 3. The lowest BCUT2D eigenvalue weighted by Crippen LogP contribution is -2.44. The molecule has 3 fully saturated rings. The fourth-order valence-corrected chi connectivity index (χ4v) is 8.29. The van der Waals surface area contributed by atoms with Crippen LogP contribution in [0.2, 0.25) is 0 Å². The summed E-state index contributed by atoms with van der Waals surface area (Å²) in [6.07, 6.45) is -0.685. The maximum atomic E-state index is 16.8. The molecule has 3 saturated heterocycles. The molecule has 0 unspecified atom stereocenters. The van der Waals surface area contributed by atoms with Crippen LogP contribution in [0.4, 0.5) is 33.2 Å². The van der Waals surface area contributed by atoms with Crippen molar-refractivity contribution in [3.8, 4) is 23.2 Å². The molecule has 0 bridgehead atoms. The predicted molar refractivity (Wildman–Crippen MR) is 169 cm³/mol. The third-order valence-corrected chi connectivity index (χ3v) is 10.3. The first-order valence-corrected chi connectivity index (χ1v) is 16.1. The van der Waals surface area contributed by atoms with Crippen molar-refractivity contribution in [2.24, 2.45) is 0 Å². The third kappa shape index (κ3) is 5.54. The van der Waals surface area contributed by atoms with Crippen molar-refractivity contribution in [3.63, 3.8) is 0 Å². The van der Waals surface area contributed by atoms with Crippen LogP contribution in [0.25, 0.3) is 32.1 Å². The zero-order chi connectivity index (χ0) is 34.0. The maximum Gasteiger partial charge on any atom is 0.409 e. The van der Waals surface area contributed by atoms with Crippen molar-refractivity contribution in [2.45, 2.75) is 43.5 Å². The van der Waals surface area contributed by atoms with Crippen molar-refractivity contribution >= 4 is 49.2 Å². The number of aliphatic hydroxyl groups is 1. The maximum absolute atomic E-state index is 16.8. The lowest BCUT2D eigenvalue weighted by Gasteiger charge is -2.31. The van der Waals surface area contributed by atoms with Crippen LogP contribution in [0.3, 0.4) is 0 Å². The van der Waals surface area contributed by atoms with E-state index in [-0.39, 0.29) is 94.8 Å². The molecule has 3 aliphatic heterocycles. The Kier molecular flexibility index (Phi) is 8.06. The number of rotatable bonds is 6. The smallest absolute Gasteiger partial charge is 0.409 e. The second-order valence-corrected chi connectivity index (χ2v) is 13.8. The molecule has 3 N–H and O–H groups in total. The number of nitriles is 1. The monoisotopic (exact) mass is 686 g/mol. The lowest BCUT2D eigenvalue weighted by molar-refractivity contribution is -0.0123. The molecular formula is C32H30F4N6O5S. The van der Waals surface area contributed by atoms with Gasteiger partial charge in [0, 0.05) is 30.3 Å². The Hall–Kier alpha value is -4.30. The number of hydrogen-bond acceptors (Lipinski definition) is 10. The van der Waals surface area contributed by atoms with Crippen LogP contribution in [-0.4, -0.2) is 94.5 Å². The number of nitrogens with one attached hydrogen (secondary N) is 1. The zero-order valence-electron chi connectivity index (χ0n) is 25.7. The van der Waals surface area contributed by atoms with E-state index < -0.39 is 46.4 Å². The Morgan fingerprint density at radius 2 is 2.08 bits per heavy atom. The molecule has 1 amide bonds. The second kappa shape index (κ2) is 12.0. The molecule has 11 nitrogen and oxygen atoms in total. The number of carboxylic acid groups (broad SMARTS) is 1. The highest BCUT2D eigenvalue weighted by atomic mass is 32.1. The van der Waals surface area contributed by atoms with Gasteiger partial charge < -0.3 is 24.6 Å². The minimum absolute atomic E-state index is 0.00314. The number of alkyl halides is 1. The normalized spacial score (nSPS) is 24.5. The summed E-state index contributed by atoms with van der Waals surface area (Å²) in [7, 11) is 0. The summed E-state index contributed by atoms with van der Waals surface area (Å²) >= 11 is 0.626. The molecule has 0 aliphatic carbocycles. The molecule has 7 rings (SSSR count). The fraction of sp³-hybridized carbons (Fsp3) is 0.438. The molecule has 0 radical (unpaired) electrons. The molecule has 16 heteroatoms. The molecule has 4 aromatic rings. The summed E-state index contributed by atoms with van der Waals surface area (Å²) in [4.78, 5) is 24.0. The molecule has 0 saturated carbocycles. The summed E-state index contributed by atoms with van der Waals surface area (Å²) in [5, 5.41) is 31.7. The number of anilines is 2. The molecule has 2 aromatic carbocycles. The quantitative estimate of drug-likeness (QED) is 0.225. The van der Waals surface area contributed by atoms with Gasteiger partial charge in [0.15, 0.2) is 5.82 Å². The minimum Gasteiger partial charge on any atom is -0.465 e. The number of ether oxygens (including phenoxy) is 2. The van der Waals surface area contributed by atoms with Crippen LogP contribution in [0.5, 0.6) is 6.01 Å². The van der Waals surface area contributed by atoms with Crippen LogP contribution in [0.1, 0.15) is 31.7 Å². The second-order valence-electron chi connectivity index (χ2n) is 12.8. The first-order valence-electron chi connectivity index (χ1n) is 15.3. The van der Waals surface area contributed by atoms with E-state index in [1.807, 2.05) is 11.0 Å².